The number of aliphatic hydroxyl groups is 4. The van der Waals surface area contributed by atoms with Crippen LogP contribution in [0.5, 0.6) is 5.75 Å². The predicted molar refractivity (Wildman–Crippen MR) is 76.9 cm³/mol. The molecule has 0 saturated carbocycles. The van der Waals surface area contributed by atoms with E-state index in [1.54, 1.807) is 7.11 Å². The first-order valence-electron chi connectivity index (χ1n) is 6.53. The molecular formula is C15H22O6. The molecule has 0 bridgehead atoms. The highest BCUT2D eigenvalue weighted by molar-refractivity contribution is 5.26. The van der Waals surface area contributed by atoms with Gasteiger partial charge in [-0.3, -0.25) is 0 Å². The van der Waals surface area contributed by atoms with E-state index >= 15 is 0 Å². The molecule has 0 amide bonds. The summed E-state index contributed by atoms with van der Waals surface area (Å²) in [6.45, 7) is 3.31. The Labute approximate surface area is 123 Å². The van der Waals surface area contributed by atoms with E-state index in [1.807, 2.05) is 24.3 Å². The van der Waals surface area contributed by atoms with Crippen LogP contribution in [0.1, 0.15) is 5.56 Å². The smallest absolute Gasteiger partial charge is 0.118 e. The lowest BCUT2D eigenvalue weighted by Gasteiger charge is -2.23. The minimum Gasteiger partial charge on any atom is -0.497 e. The zero-order chi connectivity index (χ0) is 15.8. The monoisotopic (exact) mass is 298 g/mol. The van der Waals surface area contributed by atoms with Crippen molar-refractivity contribution in [2.45, 2.75) is 24.9 Å². The minimum absolute atomic E-state index is 0.0302. The van der Waals surface area contributed by atoms with E-state index in [0.29, 0.717) is 6.61 Å². The minimum atomic E-state index is -1.49. The van der Waals surface area contributed by atoms with Crippen molar-refractivity contribution in [1.29, 1.82) is 0 Å². The van der Waals surface area contributed by atoms with E-state index in [0.717, 1.165) is 11.3 Å². The van der Waals surface area contributed by atoms with Gasteiger partial charge in [-0.2, -0.15) is 0 Å². The molecule has 0 radical (unpaired) electrons. The zero-order valence-electron chi connectivity index (χ0n) is 12.0. The topological polar surface area (TPSA) is 99.4 Å². The van der Waals surface area contributed by atoms with Crippen LogP contribution in [0.25, 0.3) is 0 Å². The molecule has 0 heterocycles. The van der Waals surface area contributed by atoms with Gasteiger partial charge in [-0.05, 0) is 23.3 Å². The quantitative estimate of drug-likeness (QED) is 0.473. The van der Waals surface area contributed by atoms with Crippen molar-refractivity contribution in [3.8, 4) is 5.75 Å². The van der Waals surface area contributed by atoms with Crippen LogP contribution in [0.15, 0.2) is 36.4 Å². The van der Waals surface area contributed by atoms with Crippen LogP contribution in [-0.4, -0.2) is 59.1 Å². The summed E-state index contributed by atoms with van der Waals surface area (Å²) in [5.41, 5.74) is 1.15. The fourth-order valence-corrected chi connectivity index (χ4v) is 1.67. The standard InChI is InChI=1S/C15H22O6/c1-10(14(18)15(19)13(17)7-16)8-21-9-11-3-5-12(20-2)6-4-11/h3-6,13-19H,1,7-9H2,2H3/t13-,14-,15-/m0/s1. The van der Waals surface area contributed by atoms with E-state index in [4.69, 9.17) is 14.6 Å². The number of benzene rings is 1. The van der Waals surface area contributed by atoms with Gasteiger partial charge in [0.15, 0.2) is 0 Å². The first-order valence-corrected chi connectivity index (χ1v) is 6.53. The molecule has 118 valence electrons. The van der Waals surface area contributed by atoms with Gasteiger partial charge in [-0.25, -0.2) is 0 Å². The summed E-state index contributed by atoms with van der Waals surface area (Å²) in [4.78, 5) is 0. The van der Waals surface area contributed by atoms with Crippen molar-refractivity contribution in [1.82, 2.24) is 0 Å². The Morgan fingerprint density at radius 2 is 1.81 bits per heavy atom. The van der Waals surface area contributed by atoms with Crippen LogP contribution < -0.4 is 4.74 Å². The van der Waals surface area contributed by atoms with Gasteiger partial charge in [-0.1, -0.05) is 18.7 Å². The van der Waals surface area contributed by atoms with Gasteiger partial charge >= 0.3 is 0 Å². The summed E-state index contributed by atoms with van der Waals surface area (Å²) in [7, 11) is 1.59. The van der Waals surface area contributed by atoms with E-state index in [1.165, 1.54) is 0 Å². The molecule has 0 fully saturated rings. The maximum atomic E-state index is 9.74. The molecule has 21 heavy (non-hydrogen) atoms. The zero-order valence-corrected chi connectivity index (χ0v) is 12.0. The maximum absolute atomic E-state index is 9.74. The number of ether oxygens (including phenoxy) is 2. The highest BCUT2D eigenvalue weighted by Crippen LogP contribution is 2.13. The molecule has 1 rings (SSSR count). The van der Waals surface area contributed by atoms with Crippen LogP contribution in [0.2, 0.25) is 0 Å². The average molecular weight is 298 g/mol. The molecule has 3 atom stereocenters. The van der Waals surface area contributed by atoms with Crippen molar-refractivity contribution in [2.24, 2.45) is 0 Å². The van der Waals surface area contributed by atoms with Crippen LogP contribution in [-0.2, 0) is 11.3 Å². The number of methoxy groups -OCH3 is 1. The second-order valence-corrected chi connectivity index (χ2v) is 4.68. The summed E-state index contributed by atoms with van der Waals surface area (Å²) < 4.78 is 10.4. The fourth-order valence-electron chi connectivity index (χ4n) is 1.67. The average Bonchev–Trinajstić information content (AvgIpc) is 2.53. The lowest BCUT2D eigenvalue weighted by Crippen LogP contribution is -2.41. The van der Waals surface area contributed by atoms with Crippen molar-refractivity contribution in [3.63, 3.8) is 0 Å². The van der Waals surface area contributed by atoms with Gasteiger partial charge in [0, 0.05) is 0 Å². The summed E-state index contributed by atoms with van der Waals surface area (Å²) >= 11 is 0. The summed E-state index contributed by atoms with van der Waals surface area (Å²) in [6, 6.07) is 7.32. The Balaban J connectivity index is 2.38. The Kier molecular flexibility index (Phi) is 7.35. The molecule has 0 aliphatic heterocycles. The largest absolute Gasteiger partial charge is 0.497 e. The van der Waals surface area contributed by atoms with E-state index in [9.17, 15) is 15.3 Å². The van der Waals surface area contributed by atoms with Crippen molar-refractivity contribution in [3.05, 3.63) is 42.0 Å². The summed E-state index contributed by atoms with van der Waals surface area (Å²) in [5.74, 6) is 0.750. The number of hydrogen-bond donors (Lipinski definition) is 4. The lowest BCUT2D eigenvalue weighted by molar-refractivity contribution is -0.0677. The first-order chi connectivity index (χ1) is 9.99. The van der Waals surface area contributed by atoms with Gasteiger partial charge in [0.25, 0.3) is 0 Å². The highest BCUT2D eigenvalue weighted by atomic mass is 16.5. The maximum Gasteiger partial charge on any atom is 0.118 e. The number of rotatable bonds is 9. The molecule has 0 aliphatic rings. The number of aliphatic hydroxyl groups excluding tert-OH is 4. The van der Waals surface area contributed by atoms with E-state index in [-0.39, 0.29) is 12.2 Å². The molecular weight excluding hydrogens is 276 g/mol. The Bertz CT molecular complexity index is 430. The third-order valence-electron chi connectivity index (χ3n) is 3.04. The Hall–Kier alpha value is -1.44. The van der Waals surface area contributed by atoms with Gasteiger partial charge in [0.2, 0.25) is 0 Å². The highest BCUT2D eigenvalue weighted by Gasteiger charge is 2.26. The fraction of sp³-hybridized carbons (Fsp3) is 0.467. The second kappa shape index (κ2) is 8.76. The van der Waals surface area contributed by atoms with Gasteiger partial charge in [-0.15, -0.1) is 0 Å². The second-order valence-electron chi connectivity index (χ2n) is 4.68. The molecule has 0 spiro atoms. The molecule has 0 aliphatic carbocycles. The molecule has 1 aromatic carbocycles. The molecule has 6 nitrogen and oxygen atoms in total. The first kappa shape index (κ1) is 17.6. The predicted octanol–water partition coefficient (Wildman–Crippen LogP) is -0.157. The molecule has 1 aromatic rings. The summed E-state index contributed by atoms with van der Waals surface area (Å²) in [6.07, 6.45) is -4.27. The molecule has 0 unspecified atom stereocenters. The van der Waals surface area contributed by atoms with Crippen molar-refractivity contribution < 1.29 is 29.9 Å². The van der Waals surface area contributed by atoms with Crippen LogP contribution in [0.3, 0.4) is 0 Å². The normalized spacial score (nSPS) is 15.3. The molecule has 0 saturated heterocycles. The third kappa shape index (κ3) is 5.45. The van der Waals surface area contributed by atoms with Crippen LogP contribution in [0.4, 0.5) is 0 Å². The van der Waals surface area contributed by atoms with Crippen LogP contribution >= 0.6 is 0 Å². The number of hydrogen-bond acceptors (Lipinski definition) is 6. The SMILES string of the molecule is C=C(COCc1ccc(OC)cc1)[C@H](O)[C@@H](O)[C@@H](O)CO. The van der Waals surface area contributed by atoms with E-state index < -0.39 is 24.9 Å². The molecule has 6 heteroatoms. The van der Waals surface area contributed by atoms with Gasteiger partial charge in [0.1, 0.15) is 24.1 Å². The van der Waals surface area contributed by atoms with Crippen molar-refractivity contribution >= 4 is 0 Å². The van der Waals surface area contributed by atoms with Crippen LogP contribution in [0, 0.1) is 0 Å². The molecule has 0 aromatic heterocycles. The lowest BCUT2D eigenvalue weighted by atomic mass is 10.0. The van der Waals surface area contributed by atoms with Gasteiger partial charge in [0.05, 0.1) is 26.9 Å². The Morgan fingerprint density at radius 3 is 2.33 bits per heavy atom. The van der Waals surface area contributed by atoms with E-state index in [2.05, 4.69) is 6.58 Å². The van der Waals surface area contributed by atoms with Gasteiger partial charge < -0.3 is 29.9 Å². The van der Waals surface area contributed by atoms with Crippen molar-refractivity contribution in [2.75, 3.05) is 20.3 Å². The third-order valence-corrected chi connectivity index (χ3v) is 3.04. The molecule has 4 N–H and O–H groups in total. The summed E-state index contributed by atoms with van der Waals surface area (Å²) in [5, 5.41) is 37.2. The Morgan fingerprint density at radius 1 is 1.19 bits per heavy atom.